The van der Waals surface area contributed by atoms with E-state index in [1.165, 1.54) is 0 Å². The number of nitrogens with zero attached hydrogens (tertiary/aromatic N) is 4. The van der Waals surface area contributed by atoms with Crippen LogP contribution in [-0.4, -0.2) is 89.6 Å². The van der Waals surface area contributed by atoms with Gasteiger partial charge < -0.3 is 24.8 Å². The largest absolute Gasteiger partial charge is 0.383 e. The second-order valence-electron chi connectivity index (χ2n) is 10.8. The number of nitrogens with one attached hydrogen (secondary N) is 2. The van der Waals surface area contributed by atoms with Crippen molar-refractivity contribution in [2.75, 3.05) is 45.2 Å². The van der Waals surface area contributed by atoms with E-state index in [9.17, 15) is 18.8 Å². The van der Waals surface area contributed by atoms with Gasteiger partial charge in [-0.2, -0.15) is 0 Å². The number of hydrogen-bond acceptors (Lipinski definition) is 5. The van der Waals surface area contributed by atoms with Gasteiger partial charge in [-0.15, -0.1) is 0 Å². The molecule has 0 unspecified atom stereocenters. The molecule has 1 aromatic heterocycles. The van der Waals surface area contributed by atoms with Gasteiger partial charge in [0, 0.05) is 57.0 Å². The van der Waals surface area contributed by atoms with E-state index >= 15 is 0 Å². The third-order valence-corrected chi connectivity index (χ3v) is 8.29. The summed E-state index contributed by atoms with van der Waals surface area (Å²) in [6.07, 6.45) is 3.93. The fourth-order valence-corrected chi connectivity index (χ4v) is 5.96. The average molecular weight is 553 g/mol. The van der Waals surface area contributed by atoms with Crippen LogP contribution in [0.25, 0.3) is 0 Å². The topological polar surface area (TPSA) is 107 Å². The Balaban J connectivity index is 1.21. The van der Waals surface area contributed by atoms with E-state index in [1.807, 2.05) is 23.1 Å². The molecule has 0 radical (unpaired) electrons. The molecule has 2 N–H and O–H groups in total. The molecule has 0 spiro atoms. The number of amides is 5. The molecule has 214 valence electrons. The van der Waals surface area contributed by atoms with Crippen LogP contribution >= 0.6 is 0 Å². The maximum atomic E-state index is 15.0. The number of hydrogen-bond donors (Lipinski definition) is 2. The predicted molar refractivity (Wildman–Crippen MR) is 147 cm³/mol. The standard InChI is InChI=1S/C29H37FN6O4/c1-19-5-3-7-23(25(19)30)20-8-9-24(27(37)35(17-20)15-16-40-2)32-28(38)34-13-10-22(11-14-34)36-18-21-6-4-12-31-26(21)33-29(36)39/h3-7,12,20,22,24H,8-11,13-18H2,1-2H3,(H,32,38)(H,31,33,39)/t20-,24-/m1/s1. The fourth-order valence-electron chi connectivity index (χ4n) is 5.96. The minimum absolute atomic E-state index is 0.00596. The third-order valence-electron chi connectivity index (χ3n) is 8.29. The lowest BCUT2D eigenvalue weighted by molar-refractivity contribution is -0.133. The van der Waals surface area contributed by atoms with Crippen LogP contribution in [0.1, 0.15) is 48.3 Å². The molecular weight excluding hydrogens is 515 g/mol. The van der Waals surface area contributed by atoms with Gasteiger partial charge in [-0.05, 0) is 49.8 Å². The lowest BCUT2D eigenvalue weighted by atomic mass is 9.92. The van der Waals surface area contributed by atoms with Gasteiger partial charge in [-0.1, -0.05) is 24.3 Å². The van der Waals surface area contributed by atoms with Crippen LogP contribution in [0.3, 0.4) is 0 Å². The Morgan fingerprint density at radius 1 is 1.15 bits per heavy atom. The van der Waals surface area contributed by atoms with Crippen molar-refractivity contribution in [1.29, 1.82) is 0 Å². The molecule has 3 aliphatic heterocycles. The lowest BCUT2D eigenvalue weighted by Gasteiger charge is -2.40. The summed E-state index contributed by atoms with van der Waals surface area (Å²) in [5, 5.41) is 5.81. The first-order valence-electron chi connectivity index (χ1n) is 14.0. The smallest absolute Gasteiger partial charge is 0.323 e. The first-order valence-corrected chi connectivity index (χ1v) is 14.0. The summed E-state index contributed by atoms with van der Waals surface area (Å²) in [5.74, 6) is 0.0159. The van der Waals surface area contributed by atoms with Crippen LogP contribution in [0.4, 0.5) is 19.8 Å². The Labute approximate surface area is 233 Å². The Morgan fingerprint density at radius 3 is 2.73 bits per heavy atom. The number of halogens is 1. The van der Waals surface area contributed by atoms with Gasteiger partial charge in [0.05, 0.1) is 13.2 Å². The van der Waals surface area contributed by atoms with Gasteiger partial charge in [-0.3, -0.25) is 10.1 Å². The number of methoxy groups -OCH3 is 1. The summed E-state index contributed by atoms with van der Waals surface area (Å²) in [7, 11) is 1.58. The van der Waals surface area contributed by atoms with Crippen LogP contribution < -0.4 is 10.6 Å². The number of fused-ring (bicyclic) bond motifs is 1. The minimum Gasteiger partial charge on any atom is -0.383 e. The summed E-state index contributed by atoms with van der Waals surface area (Å²) in [6.45, 7) is 4.28. The highest BCUT2D eigenvalue weighted by Crippen LogP contribution is 2.31. The highest BCUT2D eigenvalue weighted by Gasteiger charge is 2.36. The van der Waals surface area contributed by atoms with Gasteiger partial charge >= 0.3 is 12.1 Å². The van der Waals surface area contributed by atoms with Gasteiger partial charge in [0.25, 0.3) is 0 Å². The number of piperidine rings is 1. The van der Waals surface area contributed by atoms with Crippen LogP contribution in [0.2, 0.25) is 0 Å². The zero-order chi connectivity index (χ0) is 28.2. The van der Waals surface area contributed by atoms with Gasteiger partial charge in [0.15, 0.2) is 0 Å². The molecule has 0 saturated carbocycles. The molecule has 1 aromatic carbocycles. The number of benzene rings is 1. The molecule has 3 aliphatic rings. The van der Waals surface area contributed by atoms with Crippen molar-refractivity contribution >= 4 is 23.8 Å². The molecular formula is C29H37FN6O4. The van der Waals surface area contributed by atoms with E-state index < -0.39 is 6.04 Å². The number of urea groups is 2. The maximum absolute atomic E-state index is 15.0. The number of aromatic nitrogens is 1. The first kappa shape index (κ1) is 27.8. The van der Waals surface area contributed by atoms with Crippen molar-refractivity contribution in [3.05, 3.63) is 59.0 Å². The molecule has 2 saturated heterocycles. The van der Waals surface area contributed by atoms with Crippen molar-refractivity contribution in [2.24, 2.45) is 0 Å². The van der Waals surface area contributed by atoms with Crippen molar-refractivity contribution in [3.63, 3.8) is 0 Å². The van der Waals surface area contributed by atoms with Crippen LogP contribution in [0.15, 0.2) is 36.5 Å². The molecule has 40 heavy (non-hydrogen) atoms. The number of ether oxygens (including phenoxy) is 1. The van der Waals surface area contributed by atoms with Crippen LogP contribution in [0.5, 0.6) is 0 Å². The van der Waals surface area contributed by atoms with Gasteiger partial charge in [-0.25, -0.2) is 19.0 Å². The number of aryl methyl sites for hydroxylation is 1. The molecule has 11 heteroatoms. The average Bonchev–Trinajstić information content (AvgIpc) is 3.11. The quantitative estimate of drug-likeness (QED) is 0.571. The van der Waals surface area contributed by atoms with Crippen molar-refractivity contribution < 1.29 is 23.5 Å². The molecule has 5 rings (SSSR count). The van der Waals surface area contributed by atoms with Gasteiger partial charge in [0.2, 0.25) is 5.91 Å². The fraction of sp³-hybridized carbons (Fsp3) is 0.517. The van der Waals surface area contributed by atoms with Crippen LogP contribution in [-0.2, 0) is 16.1 Å². The second-order valence-corrected chi connectivity index (χ2v) is 10.8. The Morgan fingerprint density at radius 2 is 1.95 bits per heavy atom. The minimum atomic E-state index is -0.697. The number of rotatable bonds is 6. The van der Waals surface area contributed by atoms with E-state index in [0.717, 1.165) is 5.56 Å². The molecule has 10 nitrogen and oxygen atoms in total. The van der Waals surface area contributed by atoms with Crippen LogP contribution in [0, 0.1) is 12.7 Å². The maximum Gasteiger partial charge on any atom is 0.323 e. The number of anilines is 1. The van der Waals surface area contributed by atoms with Crippen molar-refractivity contribution in [1.82, 2.24) is 25.0 Å². The number of carbonyl (C=O) groups excluding carboxylic acids is 3. The van der Waals surface area contributed by atoms with E-state index in [1.54, 1.807) is 42.2 Å². The van der Waals surface area contributed by atoms with E-state index in [4.69, 9.17) is 4.74 Å². The monoisotopic (exact) mass is 552 g/mol. The highest BCUT2D eigenvalue weighted by atomic mass is 19.1. The second kappa shape index (κ2) is 12.2. The summed E-state index contributed by atoms with van der Waals surface area (Å²) in [4.78, 5) is 48.9. The number of pyridine rings is 1. The SMILES string of the molecule is COCCN1C[C@H](c2cccc(C)c2F)CC[C@@H](NC(=O)N2CCC(N3Cc4cccnc4NC3=O)CC2)C1=O. The number of likely N-dealkylation sites (tertiary alicyclic amines) is 2. The Bertz CT molecular complexity index is 1250. The Hall–Kier alpha value is -3.73. The predicted octanol–water partition coefficient (Wildman–Crippen LogP) is 3.47. The zero-order valence-corrected chi connectivity index (χ0v) is 23.1. The summed E-state index contributed by atoms with van der Waals surface area (Å²) < 4.78 is 20.2. The molecule has 0 bridgehead atoms. The third kappa shape index (κ3) is 5.89. The number of carbonyl (C=O) groups is 3. The van der Waals surface area contributed by atoms with Crippen molar-refractivity contribution in [2.45, 2.75) is 57.2 Å². The first-order chi connectivity index (χ1) is 19.4. The molecule has 2 atom stereocenters. The normalized spacial score (nSPS) is 22.0. The summed E-state index contributed by atoms with van der Waals surface area (Å²) >= 11 is 0. The molecule has 5 amide bonds. The van der Waals surface area contributed by atoms with Gasteiger partial charge in [0.1, 0.15) is 17.7 Å². The highest BCUT2D eigenvalue weighted by molar-refractivity contribution is 5.91. The molecule has 0 aliphatic carbocycles. The summed E-state index contributed by atoms with van der Waals surface area (Å²) in [5.41, 5.74) is 2.15. The van der Waals surface area contributed by atoms with E-state index in [0.29, 0.717) is 82.0 Å². The lowest BCUT2D eigenvalue weighted by Crippen LogP contribution is -2.55. The molecule has 4 heterocycles. The van der Waals surface area contributed by atoms with Crippen molar-refractivity contribution in [3.8, 4) is 0 Å². The molecule has 2 aromatic rings. The van der Waals surface area contributed by atoms with E-state index in [2.05, 4.69) is 15.6 Å². The van der Waals surface area contributed by atoms with E-state index in [-0.39, 0.29) is 35.7 Å². The molecule has 2 fully saturated rings. The Kier molecular flexibility index (Phi) is 8.49. The summed E-state index contributed by atoms with van der Waals surface area (Å²) in [6, 6.07) is 8.02. The zero-order valence-electron chi connectivity index (χ0n) is 23.1.